The summed E-state index contributed by atoms with van der Waals surface area (Å²) in [7, 11) is 4.79. The molecular weight excluding hydrogens is 360 g/mol. The minimum atomic E-state index is 0.367. The second-order valence-corrected chi connectivity index (χ2v) is 6.58. The molecule has 1 aromatic carbocycles. The van der Waals surface area contributed by atoms with Gasteiger partial charge in [0.1, 0.15) is 5.82 Å². The summed E-state index contributed by atoms with van der Waals surface area (Å²) < 4.78 is 23.6. The molecule has 148 valence electrons. The van der Waals surface area contributed by atoms with E-state index in [2.05, 4.69) is 10.3 Å². The summed E-state index contributed by atoms with van der Waals surface area (Å²) in [5, 5.41) is 8.24. The third-order valence-electron chi connectivity index (χ3n) is 4.90. The predicted molar refractivity (Wildman–Crippen MR) is 106 cm³/mol. The topological polar surface area (TPSA) is 79.1 Å². The third-order valence-corrected chi connectivity index (χ3v) is 4.90. The molecule has 0 radical (unpaired) electrons. The van der Waals surface area contributed by atoms with E-state index in [0.29, 0.717) is 23.3 Å². The number of rotatable bonds is 6. The molecule has 0 saturated carbocycles. The predicted octanol–water partition coefficient (Wildman–Crippen LogP) is 3.01. The van der Waals surface area contributed by atoms with Crippen LogP contribution in [0.5, 0.6) is 17.2 Å². The molecule has 0 bridgehead atoms. The van der Waals surface area contributed by atoms with Crippen LogP contribution in [0.15, 0.2) is 30.5 Å². The highest BCUT2D eigenvalue weighted by Gasteiger charge is 2.18. The smallest absolute Gasteiger partial charge is 0.203 e. The molecule has 8 nitrogen and oxygen atoms in total. The van der Waals surface area contributed by atoms with Gasteiger partial charge in [-0.05, 0) is 37.1 Å². The van der Waals surface area contributed by atoms with Crippen molar-refractivity contribution in [2.75, 3.05) is 39.9 Å². The lowest BCUT2D eigenvalue weighted by atomic mass is 10.1. The number of aromatic nitrogens is 3. The summed E-state index contributed by atoms with van der Waals surface area (Å²) in [6, 6.07) is 8.06. The Labute approximate surface area is 163 Å². The van der Waals surface area contributed by atoms with Gasteiger partial charge in [0.25, 0.3) is 0 Å². The summed E-state index contributed by atoms with van der Waals surface area (Å²) in [4.78, 5) is 4.48. The molecule has 2 aromatic heterocycles. The van der Waals surface area contributed by atoms with Crippen molar-refractivity contribution >= 4 is 11.5 Å². The number of nitrogens with one attached hydrogen (secondary N) is 1. The Balaban J connectivity index is 1.73. The fourth-order valence-electron chi connectivity index (χ4n) is 3.43. The highest BCUT2D eigenvalue weighted by atomic mass is 16.5. The van der Waals surface area contributed by atoms with Gasteiger partial charge in [-0.2, -0.15) is 0 Å². The average molecular weight is 384 g/mol. The van der Waals surface area contributed by atoms with Crippen molar-refractivity contribution in [1.29, 1.82) is 0 Å². The van der Waals surface area contributed by atoms with Crippen LogP contribution in [0, 0.1) is 0 Å². The number of fused-ring (bicyclic) bond motifs is 1. The van der Waals surface area contributed by atoms with Crippen LogP contribution in [0.3, 0.4) is 0 Å². The summed E-state index contributed by atoms with van der Waals surface area (Å²) in [6.07, 6.45) is 3.74. The van der Waals surface area contributed by atoms with Gasteiger partial charge in [-0.1, -0.05) is 0 Å². The SMILES string of the molecule is COc1cc(-c2cnc3ccc(NC4CCOCC4)nn23)cc(OC)c1OC. The van der Waals surface area contributed by atoms with Crippen molar-refractivity contribution in [1.82, 2.24) is 14.6 Å². The van der Waals surface area contributed by atoms with Crippen molar-refractivity contribution in [3.05, 3.63) is 30.5 Å². The van der Waals surface area contributed by atoms with E-state index in [-0.39, 0.29) is 0 Å². The van der Waals surface area contributed by atoms with E-state index in [1.165, 1.54) is 0 Å². The van der Waals surface area contributed by atoms with Crippen molar-refractivity contribution in [3.63, 3.8) is 0 Å². The molecule has 1 N–H and O–H groups in total. The van der Waals surface area contributed by atoms with Crippen molar-refractivity contribution in [2.45, 2.75) is 18.9 Å². The molecule has 0 atom stereocenters. The average Bonchev–Trinajstić information content (AvgIpc) is 3.16. The second-order valence-electron chi connectivity index (χ2n) is 6.58. The van der Waals surface area contributed by atoms with E-state index in [1.807, 2.05) is 28.8 Å². The minimum absolute atomic E-state index is 0.367. The van der Waals surface area contributed by atoms with Crippen molar-refractivity contribution < 1.29 is 18.9 Å². The lowest BCUT2D eigenvalue weighted by molar-refractivity contribution is 0.0903. The Morgan fingerprint density at radius 3 is 2.39 bits per heavy atom. The Morgan fingerprint density at radius 1 is 1.04 bits per heavy atom. The summed E-state index contributed by atoms with van der Waals surface area (Å²) in [5.74, 6) is 2.54. The van der Waals surface area contributed by atoms with Crippen LogP contribution in [0.25, 0.3) is 16.9 Å². The molecule has 0 spiro atoms. The third kappa shape index (κ3) is 3.43. The van der Waals surface area contributed by atoms with Crippen molar-refractivity contribution in [2.24, 2.45) is 0 Å². The molecule has 1 saturated heterocycles. The van der Waals surface area contributed by atoms with Crippen LogP contribution >= 0.6 is 0 Å². The van der Waals surface area contributed by atoms with E-state index in [0.717, 1.165) is 48.8 Å². The van der Waals surface area contributed by atoms with Gasteiger partial charge in [-0.15, -0.1) is 5.10 Å². The highest BCUT2D eigenvalue weighted by molar-refractivity contribution is 5.70. The van der Waals surface area contributed by atoms with Gasteiger partial charge >= 0.3 is 0 Å². The Morgan fingerprint density at radius 2 is 1.75 bits per heavy atom. The van der Waals surface area contributed by atoms with Crippen LogP contribution in [-0.2, 0) is 4.74 Å². The molecule has 3 aromatic rings. The highest BCUT2D eigenvalue weighted by Crippen LogP contribution is 2.41. The van der Waals surface area contributed by atoms with E-state index in [9.17, 15) is 0 Å². The number of ether oxygens (including phenoxy) is 4. The molecule has 0 aliphatic carbocycles. The number of methoxy groups -OCH3 is 3. The summed E-state index contributed by atoms with van der Waals surface area (Å²) in [6.45, 7) is 1.56. The van der Waals surface area contributed by atoms with Gasteiger partial charge in [-0.25, -0.2) is 9.50 Å². The molecule has 3 heterocycles. The van der Waals surface area contributed by atoms with Crippen molar-refractivity contribution in [3.8, 4) is 28.5 Å². The number of benzene rings is 1. The largest absolute Gasteiger partial charge is 0.493 e. The maximum Gasteiger partial charge on any atom is 0.203 e. The number of nitrogens with zero attached hydrogens (tertiary/aromatic N) is 3. The first-order valence-electron chi connectivity index (χ1n) is 9.23. The van der Waals surface area contributed by atoms with E-state index < -0.39 is 0 Å². The van der Waals surface area contributed by atoms with Gasteiger partial charge in [0.15, 0.2) is 17.1 Å². The number of hydrogen-bond donors (Lipinski definition) is 1. The zero-order valence-electron chi connectivity index (χ0n) is 16.3. The molecule has 0 unspecified atom stereocenters. The monoisotopic (exact) mass is 384 g/mol. The van der Waals surface area contributed by atoms with Gasteiger partial charge in [0.2, 0.25) is 5.75 Å². The molecule has 1 aliphatic rings. The standard InChI is InChI=1S/C20H24N4O4/c1-25-16-10-13(11-17(26-2)20(16)27-3)15-12-21-19-5-4-18(23-24(15)19)22-14-6-8-28-9-7-14/h4-5,10-12,14H,6-9H2,1-3H3,(H,22,23). The van der Waals surface area contributed by atoms with Crippen LogP contribution < -0.4 is 19.5 Å². The number of imidazole rings is 1. The van der Waals surface area contributed by atoms with Gasteiger partial charge in [0.05, 0.1) is 33.2 Å². The first kappa shape index (κ1) is 18.4. The quantitative estimate of drug-likeness (QED) is 0.700. The molecule has 28 heavy (non-hydrogen) atoms. The summed E-state index contributed by atoms with van der Waals surface area (Å²) in [5.41, 5.74) is 2.48. The number of hydrogen-bond acceptors (Lipinski definition) is 7. The molecule has 0 amide bonds. The molecule has 8 heteroatoms. The van der Waals surface area contributed by atoms with E-state index in [1.54, 1.807) is 27.5 Å². The molecule has 4 rings (SSSR count). The van der Waals surface area contributed by atoms with E-state index in [4.69, 9.17) is 24.0 Å². The Bertz CT molecular complexity index is 941. The fraction of sp³-hybridized carbons (Fsp3) is 0.400. The number of anilines is 1. The van der Waals surface area contributed by atoms with Crippen LogP contribution in [0.1, 0.15) is 12.8 Å². The van der Waals surface area contributed by atoms with Crippen LogP contribution in [0.4, 0.5) is 5.82 Å². The maximum atomic E-state index is 5.47. The van der Waals surface area contributed by atoms with E-state index >= 15 is 0 Å². The van der Waals surface area contributed by atoms with Crippen LogP contribution in [-0.4, -0.2) is 55.2 Å². The zero-order valence-corrected chi connectivity index (χ0v) is 16.3. The first-order chi connectivity index (χ1) is 13.7. The van der Waals surface area contributed by atoms with Crippen LogP contribution in [0.2, 0.25) is 0 Å². The minimum Gasteiger partial charge on any atom is -0.493 e. The summed E-state index contributed by atoms with van der Waals surface area (Å²) >= 11 is 0. The van der Waals surface area contributed by atoms with Gasteiger partial charge < -0.3 is 24.3 Å². The molecule has 1 aliphatic heterocycles. The van der Waals surface area contributed by atoms with Gasteiger partial charge in [-0.3, -0.25) is 0 Å². The Hall–Kier alpha value is -3.00. The fourth-order valence-corrected chi connectivity index (χ4v) is 3.43. The first-order valence-corrected chi connectivity index (χ1v) is 9.23. The van der Waals surface area contributed by atoms with Gasteiger partial charge in [0, 0.05) is 24.8 Å². The second kappa shape index (κ2) is 7.93. The normalized spacial score (nSPS) is 14.8. The lowest BCUT2D eigenvalue weighted by Gasteiger charge is -2.23. The zero-order chi connectivity index (χ0) is 19.5. The Kier molecular flexibility index (Phi) is 5.21. The molecular formula is C20H24N4O4. The maximum absolute atomic E-state index is 5.47. The lowest BCUT2D eigenvalue weighted by Crippen LogP contribution is -2.28. The molecule has 1 fully saturated rings.